The van der Waals surface area contributed by atoms with Crippen molar-refractivity contribution in [2.24, 2.45) is 5.41 Å². The zero-order valence-corrected chi connectivity index (χ0v) is 13.7. The van der Waals surface area contributed by atoms with E-state index in [-0.39, 0.29) is 35.9 Å². The van der Waals surface area contributed by atoms with Crippen LogP contribution in [0.5, 0.6) is 0 Å². The normalized spacial score (nSPS) is 24.6. The number of ether oxygens (including phenoxy) is 1. The van der Waals surface area contributed by atoms with Gasteiger partial charge < -0.3 is 19.8 Å². The topological polar surface area (TPSA) is 80.6 Å². The molecule has 126 valence electrons. The Hall–Kier alpha value is -1.82. The smallest absolute Gasteiger partial charge is 0.255 e. The third kappa shape index (κ3) is 2.87. The minimum Gasteiger partial charge on any atom is -0.469 e. The average molecular weight is 320 g/mol. The highest BCUT2D eigenvalue weighted by molar-refractivity contribution is 5.97. The Bertz CT molecular complexity index is 591. The van der Waals surface area contributed by atoms with Gasteiger partial charge in [-0.15, -0.1) is 0 Å². The molecule has 0 aromatic carbocycles. The van der Waals surface area contributed by atoms with Crippen LogP contribution < -0.4 is 10.6 Å². The number of hydrogen-bond acceptors (Lipinski definition) is 4. The van der Waals surface area contributed by atoms with Crippen LogP contribution in [0.3, 0.4) is 0 Å². The summed E-state index contributed by atoms with van der Waals surface area (Å²) in [5.41, 5.74) is 0.602. The van der Waals surface area contributed by atoms with Gasteiger partial charge in [-0.25, -0.2) is 0 Å². The number of rotatable bonds is 6. The molecule has 6 heteroatoms. The molecular weight excluding hydrogens is 296 g/mol. The fourth-order valence-electron chi connectivity index (χ4n) is 3.76. The highest BCUT2D eigenvalue weighted by atomic mass is 16.5. The van der Waals surface area contributed by atoms with Crippen LogP contribution >= 0.6 is 0 Å². The molecule has 3 rings (SSSR count). The van der Waals surface area contributed by atoms with Crippen LogP contribution in [0.2, 0.25) is 0 Å². The van der Waals surface area contributed by atoms with Gasteiger partial charge in [0.25, 0.3) is 5.91 Å². The first-order valence-electron chi connectivity index (χ1n) is 8.30. The summed E-state index contributed by atoms with van der Waals surface area (Å²) < 4.78 is 10.9. The Labute approximate surface area is 135 Å². The molecule has 2 aliphatic carbocycles. The summed E-state index contributed by atoms with van der Waals surface area (Å²) in [5.74, 6) is 0.117. The molecule has 2 amide bonds. The Balaban J connectivity index is 1.47. The van der Waals surface area contributed by atoms with Crippen molar-refractivity contribution in [1.29, 1.82) is 0 Å². The van der Waals surface area contributed by atoms with Gasteiger partial charge in [0.1, 0.15) is 5.76 Å². The highest BCUT2D eigenvalue weighted by Gasteiger charge is 2.59. The molecule has 1 spiro atoms. The van der Waals surface area contributed by atoms with Crippen molar-refractivity contribution >= 4 is 11.8 Å². The van der Waals surface area contributed by atoms with Crippen molar-refractivity contribution < 1.29 is 18.7 Å². The molecular formula is C17H24N2O4. The molecule has 2 fully saturated rings. The van der Waals surface area contributed by atoms with E-state index in [4.69, 9.17) is 9.15 Å². The van der Waals surface area contributed by atoms with E-state index < -0.39 is 0 Å². The van der Waals surface area contributed by atoms with Crippen molar-refractivity contribution in [3.63, 3.8) is 0 Å². The van der Waals surface area contributed by atoms with Crippen molar-refractivity contribution in [1.82, 2.24) is 10.6 Å². The number of carbonyl (C=O) groups is 2. The minimum atomic E-state index is -0.287. The van der Waals surface area contributed by atoms with Gasteiger partial charge in [0.05, 0.1) is 24.5 Å². The zero-order chi connectivity index (χ0) is 16.4. The van der Waals surface area contributed by atoms with Crippen LogP contribution in [0.15, 0.2) is 16.7 Å². The molecule has 1 aromatic rings. The number of aryl methyl sites for hydroxylation is 1. The molecule has 2 aliphatic rings. The average Bonchev–Trinajstić information content (AvgIpc) is 2.88. The zero-order valence-electron chi connectivity index (χ0n) is 13.7. The minimum absolute atomic E-state index is 0.0185. The molecule has 0 saturated heterocycles. The molecule has 6 nitrogen and oxygen atoms in total. The van der Waals surface area contributed by atoms with E-state index in [2.05, 4.69) is 10.6 Å². The Kier molecular flexibility index (Phi) is 4.43. The van der Waals surface area contributed by atoms with Crippen LogP contribution in [0.1, 0.15) is 48.7 Å². The van der Waals surface area contributed by atoms with Gasteiger partial charge in [-0.1, -0.05) is 6.42 Å². The maximum absolute atomic E-state index is 12.1. The quantitative estimate of drug-likeness (QED) is 0.837. The number of nitrogens with one attached hydrogen (secondary N) is 2. The van der Waals surface area contributed by atoms with Crippen molar-refractivity contribution in [2.75, 3.05) is 13.2 Å². The van der Waals surface area contributed by atoms with Gasteiger partial charge in [0.15, 0.2) is 0 Å². The predicted molar refractivity (Wildman–Crippen MR) is 84.0 cm³/mol. The lowest BCUT2D eigenvalue weighted by molar-refractivity contribution is -0.175. The predicted octanol–water partition coefficient (Wildman–Crippen LogP) is 1.78. The number of furan rings is 1. The molecule has 0 bridgehead atoms. The molecule has 0 radical (unpaired) electrons. The molecule has 23 heavy (non-hydrogen) atoms. The maximum atomic E-state index is 12.1. The lowest BCUT2D eigenvalue weighted by Crippen LogP contribution is -2.68. The van der Waals surface area contributed by atoms with E-state index in [0.29, 0.717) is 17.9 Å². The van der Waals surface area contributed by atoms with E-state index in [0.717, 1.165) is 19.3 Å². The summed E-state index contributed by atoms with van der Waals surface area (Å²) in [7, 11) is 0. The van der Waals surface area contributed by atoms with Gasteiger partial charge in [-0.2, -0.15) is 0 Å². The Morgan fingerprint density at radius 3 is 2.78 bits per heavy atom. The summed E-state index contributed by atoms with van der Waals surface area (Å²) in [4.78, 5) is 24.1. The van der Waals surface area contributed by atoms with E-state index in [1.165, 1.54) is 12.7 Å². The molecule has 0 unspecified atom stereocenters. The first kappa shape index (κ1) is 16.1. The van der Waals surface area contributed by atoms with Gasteiger partial charge >= 0.3 is 0 Å². The van der Waals surface area contributed by atoms with Crippen molar-refractivity contribution in [3.05, 3.63) is 23.7 Å². The number of hydrogen-bond donors (Lipinski definition) is 2. The summed E-state index contributed by atoms with van der Waals surface area (Å²) in [5, 5.41) is 5.69. The second kappa shape index (κ2) is 6.35. The fraction of sp³-hybridized carbons (Fsp3) is 0.647. The third-order valence-corrected chi connectivity index (χ3v) is 5.29. The standard InChI is InChI=1S/C17H24N2O4/c1-3-22-14-9-13(17(14)6-4-7-17)19-15(20)10-18-16(21)12-5-8-23-11(12)2/h5,8,13-14H,3-4,6-7,9-10H2,1-2H3,(H,18,21)(H,19,20)/t13-,14+/m1/s1. The number of amides is 2. The summed E-state index contributed by atoms with van der Waals surface area (Å²) in [6, 6.07) is 1.78. The molecule has 0 aliphatic heterocycles. The second-order valence-electron chi connectivity index (χ2n) is 6.46. The molecule has 2 saturated carbocycles. The van der Waals surface area contributed by atoms with E-state index in [9.17, 15) is 9.59 Å². The summed E-state index contributed by atoms with van der Waals surface area (Å²) >= 11 is 0. The van der Waals surface area contributed by atoms with Crippen molar-refractivity contribution in [3.8, 4) is 0 Å². The summed E-state index contributed by atoms with van der Waals surface area (Å²) in [6.07, 6.45) is 6.04. The van der Waals surface area contributed by atoms with E-state index in [1.54, 1.807) is 13.0 Å². The van der Waals surface area contributed by atoms with Gasteiger partial charge in [-0.05, 0) is 39.2 Å². The van der Waals surface area contributed by atoms with Gasteiger partial charge in [-0.3, -0.25) is 9.59 Å². The van der Waals surface area contributed by atoms with Crippen LogP contribution in [0, 0.1) is 12.3 Å². The third-order valence-electron chi connectivity index (χ3n) is 5.29. The Morgan fingerprint density at radius 2 is 2.22 bits per heavy atom. The molecule has 1 heterocycles. The lowest BCUT2D eigenvalue weighted by atomic mass is 9.51. The fourth-order valence-corrected chi connectivity index (χ4v) is 3.76. The van der Waals surface area contributed by atoms with Crippen LogP contribution in [0.25, 0.3) is 0 Å². The van der Waals surface area contributed by atoms with E-state index in [1.807, 2.05) is 6.92 Å². The van der Waals surface area contributed by atoms with Crippen molar-refractivity contribution in [2.45, 2.75) is 51.7 Å². The SMILES string of the molecule is CCO[C@H]1C[C@@H](NC(=O)CNC(=O)c2ccoc2C)C12CCC2. The summed E-state index contributed by atoms with van der Waals surface area (Å²) in [6.45, 7) is 4.42. The Morgan fingerprint density at radius 1 is 1.43 bits per heavy atom. The molecule has 1 aromatic heterocycles. The first-order chi connectivity index (χ1) is 11.1. The van der Waals surface area contributed by atoms with Gasteiger partial charge in [0, 0.05) is 18.1 Å². The maximum Gasteiger partial charge on any atom is 0.255 e. The first-order valence-corrected chi connectivity index (χ1v) is 8.30. The van der Waals surface area contributed by atoms with Crippen LogP contribution in [-0.4, -0.2) is 37.1 Å². The largest absolute Gasteiger partial charge is 0.469 e. The molecule has 2 N–H and O–H groups in total. The van der Waals surface area contributed by atoms with Crippen LogP contribution in [-0.2, 0) is 9.53 Å². The molecule has 2 atom stereocenters. The van der Waals surface area contributed by atoms with Gasteiger partial charge in [0.2, 0.25) is 5.91 Å². The number of carbonyl (C=O) groups excluding carboxylic acids is 2. The van der Waals surface area contributed by atoms with Crippen LogP contribution in [0.4, 0.5) is 0 Å². The van der Waals surface area contributed by atoms with E-state index >= 15 is 0 Å². The lowest BCUT2D eigenvalue weighted by Gasteiger charge is -2.61. The second-order valence-corrected chi connectivity index (χ2v) is 6.46. The monoisotopic (exact) mass is 320 g/mol. The highest BCUT2D eigenvalue weighted by Crippen LogP contribution is 2.57.